The summed E-state index contributed by atoms with van der Waals surface area (Å²) in [5, 5.41) is 13.2. The lowest BCUT2D eigenvalue weighted by molar-refractivity contribution is -0.154. The summed E-state index contributed by atoms with van der Waals surface area (Å²) in [7, 11) is 0. The van der Waals surface area contributed by atoms with E-state index in [9.17, 15) is 14.7 Å². The highest BCUT2D eigenvalue weighted by molar-refractivity contribution is 5.98. The van der Waals surface area contributed by atoms with Crippen LogP contribution in [0.2, 0.25) is 0 Å². The Labute approximate surface area is 133 Å². The van der Waals surface area contributed by atoms with Gasteiger partial charge in [-0.05, 0) is 37.5 Å². The van der Waals surface area contributed by atoms with Gasteiger partial charge in [-0.15, -0.1) is 0 Å². The molecule has 0 atom stereocenters. The molecule has 1 aromatic carbocycles. The lowest BCUT2D eigenvalue weighted by atomic mass is 9.80. The van der Waals surface area contributed by atoms with Gasteiger partial charge in [0.1, 0.15) is 5.69 Å². The fourth-order valence-electron chi connectivity index (χ4n) is 2.94. The van der Waals surface area contributed by atoms with Gasteiger partial charge < -0.3 is 20.1 Å². The number of rotatable bonds is 4. The Morgan fingerprint density at radius 1 is 1.30 bits per heavy atom. The van der Waals surface area contributed by atoms with Gasteiger partial charge in [0.25, 0.3) is 5.91 Å². The smallest absolute Gasteiger partial charge is 0.311 e. The van der Waals surface area contributed by atoms with Crippen LogP contribution in [0, 0.1) is 12.3 Å². The number of aromatic amines is 1. The van der Waals surface area contributed by atoms with Crippen LogP contribution in [-0.2, 0) is 9.53 Å². The highest BCUT2D eigenvalue weighted by atomic mass is 16.5. The number of hydrogen-bond donors (Lipinski definition) is 3. The third-order valence-corrected chi connectivity index (χ3v) is 4.51. The van der Waals surface area contributed by atoms with Gasteiger partial charge in [-0.2, -0.15) is 0 Å². The number of amides is 1. The number of carbonyl (C=O) groups is 2. The summed E-state index contributed by atoms with van der Waals surface area (Å²) >= 11 is 0. The summed E-state index contributed by atoms with van der Waals surface area (Å²) < 4.78 is 5.24. The second-order valence-electron chi connectivity index (χ2n) is 6.15. The van der Waals surface area contributed by atoms with Gasteiger partial charge in [-0.25, -0.2) is 0 Å². The largest absolute Gasteiger partial charge is 0.481 e. The molecule has 2 aromatic rings. The number of benzene rings is 1. The van der Waals surface area contributed by atoms with Crippen molar-refractivity contribution in [3.63, 3.8) is 0 Å². The average Bonchev–Trinajstić information content (AvgIpc) is 2.96. The zero-order valence-electron chi connectivity index (χ0n) is 13.0. The number of fused-ring (bicyclic) bond motifs is 1. The molecule has 1 amide bonds. The third kappa shape index (κ3) is 3.07. The zero-order valence-corrected chi connectivity index (χ0v) is 13.0. The highest BCUT2D eigenvalue weighted by Gasteiger charge is 2.40. The van der Waals surface area contributed by atoms with Gasteiger partial charge in [0.2, 0.25) is 0 Å². The molecule has 0 unspecified atom stereocenters. The predicted octanol–water partition coefficient (Wildman–Crippen LogP) is 2.09. The van der Waals surface area contributed by atoms with Crippen LogP contribution >= 0.6 is 0 Å². The van der Waals surface area contributed by atoms with Crippen molar-refractivity contribution < 1.29 is 19.4 Å². The summed E-state index contributed by atoms with van der Waals surface area (Å²) in [4.78, 5) is 27.0. The van der Waals surface area contributed by atoms with Gasteiger partial charge in [0.15, 0.2) is 0 Å². The van der Waals surface area contributed by atoms with Crippen molar-refractivity contribution in [1.29, 1.82) is 0 Å². The molecule has 1 fully saturated rings. The summed E-state index contributed by atoms with van der Waals surface area (Å²) in [6.45, 7) is 2.92. The SMILES string of the molecule is Cc1ccc2cc(C(=O)NCC3(C(=O)O)CCOCC3)[nH]c2c1. The molecule has 1 saturated heterocycles. The van der Waals surface area contributed by atoms with E-state index in [1.54, 1.807) is 6.07 Å². The maximum absolute atomic E-state index is 12.3. The number of carbonyl (C=O) groups excluding carboxylic acids is 1. The van der Waals surface area contributed by atoms with Gasteiger partial charge in [0.05, 0.1) is 5.41 Å². The van der Waals surface area contributed by atoms with Crippen LogP contribution in [0.1, 0.15) is 28.9 Å². The first-order valence-corrected chi connectivity index (χ1v) is 7.69. The van der Waals surface area contributed by atoms with Crippen molar-refractivity contribution in [2.24, 2.45) is 5.41 Å². The van der Waals surface area contributed by atoms with E-state index in [-0.39, 0.29) is 12.5 Å². The average molecular weight is 316 g/mol. The first-order chi connectivity index (χ1) is 11.0. The molecule has 1 aliphatic rings. The first kappa shape index (κ1) is 15.6. The minimum Gasteiger partial charge on any atom is -0.481 e. The van der Waals surface area contributed by atoms with Crippen LogP contribution in [0.5, 0.6) is 0 Å². The van der Waals surface area contributed by atoms with Gasteiger partial charge in [-0.3, -0.25) is 9.59 Å². The van der Waals surface area contributed by atoms with E-state index in [2.05, 4.69) is 10.3 Å². The molecule has 0 radical (unpaired) electrons. The molecule has 0 saturated carbocycles. The van der Waals surface area contributed by atoms with Crippen molar-refractivity contribution in [1.82, 2.24) is 10.3 Å². The van der Waals surface area contributed by atoms with E-state index in [0.29, 0.717) is 31.7 Å². The Morgan fingerprint density at radius 2 is 2.04 bits per heavy atom. The minimum absolute atomic E-state index is 0.110. The fraction of sp³-hybridized carbons (Fsp3) is 0.412. The molecule has 0 bridgehead atoms. The molecular weight excluding hydrogens is 296 g/mol. The number of carboxylic acids is 1. The Balaban J connectivity index is 1.73. The topological polar surface area (TPSA) is 91.4 Å². The molecule has 23 heavy (non-hydrogen) atoms. The molecule has 3 N–H and O–H groups in total. The summed E-state index contributed by atoms with van der Waals surface area (Å²) in [5.41, 5.74) is 1.52. The molecule has 1 aromatic heterocycles. The number of aromatic nitrogens is 1. The second kappa shape index (κ2) is 6.04. The van der Waals surface area contributed by atoms with Crippen LogP contribution in [-0.4, -0.2) is 41.7 Å². The Morgan fingerprint density at radius 3 is 2.74 bits per heavy atom. The van der Waals surface area contributed by atoms with Crippen molar-refractivity contribution in [2.75, 3.05) is 19.8 Å². The Bertz CT molecular complexity index is 744. The molecular formula is C17H20N2O4. The summed E-state index contributed by atoms with van der Waals surface area (Å²) in [6.07, 6.45) is 0.822. The predicted molar refractivity (Wildman–Crippen MR) is 85.5 cm³/mol. The number of nitrogens with one attached hydrogen (secondary N) is 2. The second-order valence-corrected chi connectivity index (χ2v) is 6.15. The molecule has 122 valence electrons. The van der Waals surface area contributed by atoms with Crippen LogP contribution in [0.4, 0.5) is 0 Å². The van der Waals surface area contributed by atoms with Gasteiger partial charge >= 0.3 is 5.97 Å². The summed E-state index contributed by atoms with van der Waals surface area (Å²) in [6, 6.07) is 7.69. The van der Waals surface area contributed by atoms with Crippen molar-refractivity contribution in [3.05, 3.63) is 35.5 Å². The third-order valence-electron chi connectivity index (χ3n) is 4.51. The van der Waals surface area contributed by atoms with Crippen LogP contribution in [0.25, 0.3) is 10.9 Å². The molecule has 6 nitrogen and oxygen atoms in total. The minimum atomic E-state index is -0.934. The van der Waals surface area contributed by atoms with Gasteiger partial charge in [0, 0.05) is 30.7 Å². The van der Waals surface area contributed by atoms with E-state index in [1.165, 1.54) is 0 Å². The molecule has 0 aliphatic carbocycles. The van der Waals surface area contributed by atoms with Crippen molar-refractivity contribution in [2.45, 2.75) is 19.8 Å². The summed E-state index contributed by atoms with van der Waals surface area (Å²) in [5.74, 6) is -1.17. The van der Waals surface area contributed by atoms with E-state index in [0.717, 1.165) is 16.5 Å². The Hall–Kier alpha value is -2.34. The standard InChI is InChI=1S/C17H20N2O4/c1-11-2-3-12-9-14(19-13(12)8-11)15(20)18-10-17(16(21)22)4-6-23-7-5-17/h2-3,8-9,19H,4-7,10H2,1H3,(H,18,20)(H,21,22). The van der Waals surface area contributed by atoms with E-state index in [1.807, 2.05) is 25.1 Å². The maximum Gasteiger partial charge on any atom is 0.311 e. The van der Waals surface area contributed by atoms with Crippen LogP contribution < -0.4 is 5.32 Å². The van der Waals surface area contributed by atoms with E-state index < -0.39 is 11.4 Å². The monoisotopic (exact) mass is 316 g/mol. The van der Waals surface area contributed by atoms with E-state index >= 15 is 0 Å². The zero-order chi connectivity index (χ0) is 16.4. The maximum atomic E-state index is 12.3. The number of ether oxygens (including phenoxy) is 1. The fourth-order valence-corrected chi connectivity index (χ4v) is 2.94. The number of H-pyrrole nitrogens is 1. The number of hydrogen-bond acceptors (Lipinski definition) is 3. The molecule has 2 heterocycles. The lowest BCUT2D eigenvalue weighted by Crippen LogP contribution is -2.46. The van der Waals surface area contributed by atoms with Crippen molar-refractivity contribution >= 4 is 22.8 Å². The lowest BCUT2D eigenvalue weighted by Gasteiger charge is -2.33. The molecule has 1 aliphatic heterocycles. The molecule has 0 spiro atoms. The highest BCUT2D eigenvalue weighted by Crippen LogP contribution is 2.30. The number of aliphatic carboxylic acids is 1. The Kier molecular flexibility index (Phi) is 4.09. The normalized spacial score (nSPS) is 17.1. The number of carboxylic acid groups (broad SMARTS) is 1. The number of aryl methyl sites for hydroxylation is 1. The van der Waals surface area contributed by atoms with Gasteiger partial charge in [-0.1, -0.05) is 12.1 Å². The van der Waals surface area contributed by atoms with Crippen LogP contribution in [0.3, 0.4) is 0 Å². The van der Waals surface area contributed by atoms with Crippen molar-refractivity contribution in [3.8, 4) is 0 Å². The first-order valence-electron chi connectivity index (χ1n) is 7.69. The van der Waals surface area contributed by atoms with Crippen LogP contribution in [0.15, 0.2) is 24.3 Å². The molecule has 3 rings (SSSR count). The molecule has 6 heteroatoms. The quantitative estimate of drug-likeness (QED) is 0.805. The van der Waals surface area contributed by atoms with E-state index in [4.69, 9.17) is 4.74 Å².